The molecule has 0 bridgehead atoms. The molecule has 124 valence electrons. The Morgan fingerprint density at radius 3 is 2.65 bits per heavy atom. The monoisotopic (exact) mass is 331 g/mol. The minimum Gasteiger partial charge on any atom is -0.357 e. The zero-order valence-corrected chi connectivity index (χ0v) is 14.9. The van der Waals surface area contributed by atoms with E-state index in [1.807, 2.05) is 29.6 Å². The molecular weight excluding hydrogens is 306 g/mol. The molecule has 0 fully saturated rings. The van der Waals surface area contributed by atoms with Crippen molar-refractivity contribution < 1.29 is 0 Å². The third-order valence-corrected chi connectivity index (χ3v) is 4.36. The maximum atomic E-state index is 4.60. The zero-order valence-electron chi connectivity index (χ0n) is 14.0. The van der Waals surface area contributed by atoms with Gasteiger partial charge in [-0.15, -0.1) is 11.8 Å². The van der Waals surface area contributed by atoms with Crippen molar-refractivity contribution in [3.8, 4) is 0 Å². The number of nitrogens with one attached hydrogen (secondary N) is 2. The number of hydrogen-bond acceptors (Lipinski definition) is 3. The van der Waals surface area contributed by atoms with Crippen LogP contribution in [0.25, 0.3) is 0 Å². The van der Waals surface area contributed by atoms with Gasteiger partial charge in [-0.05, 0) is 32.0 Å². The van der Waals surface area contributed by atoms with Crippen molar-refractivity contribution in [1.29, 1.82) is 0 Å². The molecule has 6 heteroatoms. The molecule has 0 amide bonds. The molecule has 1 heterocycles. The smallest absolute Gasteiger partial charge is 0.191 e. The molecule has 0 atom stereocenters. The van der Waals surface area contributed by atoms with Crippen LogP contribution in [0.1, 0.15) is 18.2 Å². The molecule has 2 N–H and O–H groups in total. The average Bonchev–Trinajstić information content (AvgIpc) is 2.96. The summed E-state index contributed by atoms with van der Waals surface area (Å²) in [6.07, 6.45) is 1.80. The molecule has 2 rings (SSSR count). The van der Waals surface area contributed by atoms with Crippen molar-refractivity contribution in [1.82, 2.24) is 20.4 Å². The van der Waals surface area contributed by atoms with Gasteiger partial charge in [0.1, 0.15) is 0 Å². The second-order valence-electron chi connectivity index (χ2n) is 5.23. The fraction of sp³-hybridized carbons (Fsp3) is 0.412. The van der Waals surface area contributed by atoms with Crippen LogP contribution in [-0.2, 0) is 13.6 Å². The highest BCUT2D eigenvalue weighted by Crippen LogP contribution is 2.17. The van der Waals surface area contributed by atoms with E-state index in [1.54, 1.807) is 6.20 Å². The second-order valence-corrected chi connectivity index (χ2v) is 6.40. The van der Waals surface area contributed by atoms with Crippen LogP contribution in [0.15, 0.2) is 46.4 Å². The molecule has 0 spiro atoms. The Hall–Kier alpha value is -1.95. The molecule has 0 aliphatic heterocycles. The number of aromatic nitrogens is 2. The van der Waals surface area contributed by atoms with E-state index >= 15 is 0 Å². The van der Waals surface area contributed by atoms with Gasteiger partial charge in [0.15, 0.2) is 5.96 Å². The molecule has 0 saturated carbocycles. The molecule has 0 saturated heterocycles. The van der Waals surface area contributed by atoms with E-state index in [-0.39, 0.29) is 0 Å². The molecule has 0 radical (unpaired) electrons. The van der Waals surface area contributed by atoms with Gasteiger partial charge in [0.25, 0.3) is 0 Å². The Kier molecular flexibility index (Phi) is 7.00. The first-order chi connectivity index (χ1) is 11.2. The van der Waals surface area contributed by atoms with Gasteiger partial charge < -0.3 is 10.6 Å². The lowest BCUT2D eigenvalue weighted by atomic mass is 10.2. The summed E-state index contributed by atoms with van der Waals surface area (Å²) in [5.74, 6) is 1.84. The summed E-state index contributed by atoms with van der Waals surface area (Å²) < 4.78 is 1.85. The molecule has 0 aliphatic rings. The minimum absolute atomic E-state index is 0.622. The molecule has 1 aromatic carbocycles. The van der Waals surface area contributed by atoms with Crippen LogP contribution < -0.4 is 10.6 Å². The Morgan fingerprint density at radius 2 is 2.00 bits per heavy atom. The first kappa shape index (κ1) is 17.4. The lowest BCUT2D eigenvalue weighted by Gasteiger charge is -2.11. The lowest BCUT2D eigenvalue weighted by molar-refractivity contribution is 0.708. The average molecular weight is 331 g/mol. The lowest BCUT2D eigenvalue weighted by Crippen LogP contribution is -2.38. The van der Waals surface area contributed by atoms with Crippen molar-refractivity contribution in [3.05, 3.63) is 47.8 Å². The van der Waals surface area contributed by atoms with Gasteiger partial charge in [-0.2, -0.15) is 5.10 Å². The van der Waals surface area contributed by atoms with Crippen LogP contribution >= 0.6 is 11.8 Å². The van der Waals surface area contributed by atoms with Gasteiger partial charge in [-0.1, -0.05) is 17.7 Å². The van der Waals surface area contributed by atoms with Crippen molar-refractivity contribution in [2.24, 2.45) is 12.0 Å². The van der Waals surface area contributed by atoms with Crippen molar-refractivity contribution in [2.45, 2.75) is 25.3 Å². The van der Waals surface area contributed by atoms with E-state index < -0.39 is 0 Å². The van der Waals surface area contributed by atoms with Crippen LogP contribution in [0, 0.1) is 6.92 Å². The maximum Gasteiger partial charge on any atom is 0.191 e. The number of aliphatic imine (C=N–C) groups is 1. The SMILES string of the molecule is CCNC(=NCc1ccnn1C)NCCSc1ccc(C)cc1. The van der Waals surface area contributed by atoms with Gasteiger partial charge in [-0.3, -0.25) is 4.68 Å². The predicted octanol–water partition coefficient (Wildman–Crippen LogP) is 2.58. The quantitative estimate of drug-likeness (QED) is 0.354. The highest BCUT2D eigenvalue weighted by atomic mass is 32.2. The Morgan fingerprint density at radius 1 is 1.22 bits per heavy atom. The van der Waals surface area contributed by atoms with E-state index in [4.69, 9.17) is 0 Å². The summed E-state index contributed by atoms with van der Waals surface area (Å²) in [6, 6.07) is 10.6. The topological polar surface area (TPSA) is 54.2 Å². The van der Waals surface area contributed by atoms with Crippen molar-refractivity contribution in [2.75, 3.05) is 18.8 Å². The Balaban J connectivity index is 1.77. The van der Waals surface area contributed by atoms with E-state index in [1.165, 1.54) is 10.5 Å². The molecule has 2 aromatic rings. The van der Waals surface area contributed by atoms with Gasteiger partial charge >= 0.3 is 0 Å². The molecule has 23 heavy (non-hydrogen) atoms. The summed E-state index contributed by atoms with van der Waals surface area (Å²) in [6.45, 7) is 6.52. The van der Waals surface area contributed by atoms with E-state index in [2.05, 4.69) is 58.8 Å². The summed E-state index contributed by atoms with van der Waals surface area (Å²) in [5, 5.41) is 10.8. The predicted molar refractivity (Wildman–Crippen MR) is 97.9 cm³/mol. The van der Waals surface area contributed by atoms with Gasteiger partial charge in [0.05, 0.1) is 12.2 Å². The maximum absolute atomic E-state index is 4.60. The standard InChI is InChI=1S/C17H25N5S/c1-4-18-17(20-13-15-9-10-21-22(15)3)19-11-12-23-16-7-5-14(2)6-8-16/h5-10H,4,11-13H2,1-3H3,(H2,18,19,20). The van der Waals surface area contributed by atoms with Crippen LogP contribution in [0.3, 0.4) is 0 Å². The van der Waals surface area contributed by atoms with Gasteiger partial charge in [0, 0.05) is 37.0 Å². The molecule has 0 aliphatic carbocycles. The van der Waals surface area contributed by atoms with E-state index in [9.17, 15) is 0 Å². The van der Waals surface area contributed by atoms with Crippen LogP contribution in [0.4, 0.5) is 0 Å². The number of hydrogen-bond donors (Lipinski definition) is 2. The van der Waals surface area contributed by atoms with E-state index in [0.29, 0.717) is 6.54 Å². The first-order valence-electron chi connectivity index (χ1n) is 7.87. The molecule has 5 nitrogen and oxygen atoms in total. The van der Waals surface area contributed by atoms with Crippen LogP contribution in [-0.4, -0.2) is 34.6 Å². The third-order valence-electron chi connectivity index (χ3n) is 3.35. The number of rotatable bonds is 7. The minimum atomic E-state index is 0.622. The molecule has 1 aromatic heterocycles. The third kappa shape index (κ3) is 5.98. The molecular formula is C17H25N5S. The molecule has 0 unspecified atom stereocenters. The highest BCUT2D eigenvalue weighted by Gasteiger charge is 2.00. The fourth-order valence-corrected chi connectivity index (χ4v) is 2.80. The zero-order chi connectivity index (χ0) is 16.5. The number of guanidine groups is 1. The van der Waals surface area contributed by atoms with Gasteiger partial charge in [0.2, 0.25) is 0 Å². The highest BCUT2D eigenvalue weighted by molar-refractivity contribution is 7.99. The second kappa shape index (κ2) is 9.25. The van der Waals surface area contributed by atoms with Gasteiger partial charge in [-0.25, -0.2) is 4.99 Å². The summed E-state index contributed by atoms with van der Waals surface area (Å²) in [5.41, 5.74) is 2.39. The number of benzene rings is 1. The Bertz CT molecular complexity index is 618. The first-order valence-corrected chi connectivity index (χ1v) is 8.86. The van der Waals surface area contributed by atoms with Crippen LogP contribution in [0.2, 0.25) is 0 Å². The summed E-state index contributed by atoms with van der Waals surface area (Å²) in [4.78, 5) is 5.90. The number of aryl methyl sites for hydroxylation is 2. The van der Waals surface area contributed by atoms with Crippen molar-refractivity contribution in [3.63, 3.8) is 0 Å². The van der Waals surface area contributed by atoms with Crippen molar-refractivity contribution >= 4 is 17.7 Å². The van der Waals surface area contributed by atoms with Crippen LogP contribution in [0.5, 0.6) is 0 Å². The normalized spacial score (nSPS) is 11.5. The fourth-order valence-electron chi connectivity index (χ4n) is 2.03. The number of nitrogens with zero attached hydrogens (tertiary/aromatic N) is 3. The summed E-state index contributed by atoms with van der Waals surface area (Å²) in [7, 11) is 1.93. The van der Waals surface area contributed by atoms with E-state index in [0.717, 1.165) is 30.5 Å². The Labute approximate surface area is 142 Å². The summed E-state index contributed by atoms with van der Waals surface area (Å²) >= 11 is 1.85. The largest absolute Gasteiger partial charge is 0.357 e. The number of thioether (sulfide) groups is 1.